The fourth-order valence-corrected chi connectivity index (χ4v) is 3.72. The molecule has 3 heterocycles. The zero-order chi connectivity index (χ0) is 26.4. The minimum Gasteiger partial charge on any atom is -0.454 e. The van der Waals surface area contributed by atoms with Crippen molar-refractivity contribution in [3.05, 3.63) is 23.3 Å². The number of carbonyl (C=O) groups is 3. The van der Waals surface area contributed by atoms with Gasteiger partial charge < -0.3 is 40.2 Å². The van der Waals surface area contributed by atoms with E-state index in [-0.39, 0.29) is 57.3 Å². The first-order valence-corrected chi connectivity index (χ1v) is 11.9. The zero-order valence-corrected chi connectivity index (χ0v) is 20.8. The summed E-state index contributed by atoms with van der Waals surface area (Å²) < 4.78 is 22.2. The lowest BCUT2D eigenvalue weighted by Gasteiger charge is -2.34. The van der Waals surface area contributed by atoms with Gasteiger partial charge in [0.25, 0.3) is 0 Å². The molecule has 3 aliphatic rings. The van der Waals surface area contributed by atoms with Gasteiger partial charge in [0.05, 0.1) is 31.3 Å². The van der Waals surface area contributed by atoms with Gasteiger partial charge in [0.1, 0.15) is 0 Å². The van der Waals surface area contributed by atoms with E-state index in [1.54, 1.807) is 12.1 Å². The Morgan fingerprint density at radius 2 is 1.74 bits per heavy atom. The Kier molecular flexibility index (Phi) is 13.9. The maximum atomic E-state index is 12.9. The second kappa shape index (κ2) is 16.0. The summed E-state index contributed by atoms with van der Waals surface area (Å²) in [6.45, 7) is 8.06. The van der Waals surface area contributed by atoms with Crippen LogP contribution in [0, 0.1) is 0 Å². The number of aliphatic hydroxyl groups excluding tert-OH is 2. The van der Waals surface area contributed by atoms with E-state index in [4.69, 9.17) is 23.7 Å². The van der Waals surface area contributed by atoms with Gasteiger partial charge in [-0.25, -0.2) is 0 Å². The smallest absolute Gasteiger partial charge is 0.231 e. The van der Waals surface area contributed by atoms with Gasteiger partial charge in [0.2, 0.25) is 19.1 Å². The van der Waals surface area contributed by atoms with Gasteiger partial charge >= 0.3 is 0 Å². The largest absolute Gasteiger partial charge is 0.454 e. The number of benzene rings is 1. The van der Waals surface area contributed by atoms with Gasteiger partial charge in [-0.3, -0.25) is 14.4 Å². The number of nitrogens with one attached hydrogen (secondary N) is 1. The van der Waals surface area contributed by atoms with Gasteiger partial charge in [-0.1, -0.05) is 27.7 Å². The van der Waals surface area contributed by atoms with Gasteiger partial charge in [-0.2, -0.15) is 0 Å². The Morgan fingerprint density at radius 1 is 1.11 bits per heavy atom. The summed E-state index contributed by atoms with van der Waals surface area (Å²) >= 11 is 0. The number of ketones is 1. The van der Waals surface area contributed by atoms with Crippen molar-refractivity contribution in [1.82, 2.24) is 5.32 Å². The highest BCUT2D eigenvalue weighted by atomic mass is 16.7. The fraction of sp³-hybridized carbons (Fsp3) is 0.625. The zero-order valence-electron chi connectivity index (χ0n) is 20.8. The summed E-state index contributed by atoms with van der Waals surface area (Å²) in [6, 6.07) is 3.35. The van der Waals surface area contributed by atoms with Crippen LogP contribution in [0.3, 0.4) is 0 Å². The monoisotopic (exact) mass is 498 g/mol. The molecule has 1 aromatic carbocycles. The van der Waals surface area contributed by atoms with E-state index in [1.807, 2.05) is 27.7 Å². The van der Waals surface area contributed by atoms with Crippen LogP contribution in [0.5, 0.6) is 11.5 Å². The number of amides is 2. The van der Waals surface area contributed by atoms with Gasteiger partial charge in [-0.15, -0.1) is 0 Å². The molecule has 0 bridgehead atoms. The van der Waals surface area contributed by atoms with Crippen molar-refractivity contribution in [2.45, 2.75) is 84.5 Å². The first kappa shape index (κ1) is 30.3. The maximum absolute atomic E-state index is 12.9. The normalized spacial score (nSPS) is 24.7. The first-order chi connectivity index (χ1) is 16.9. The maximum Gasteiger partial charge on any atom is 0.231 e. The molecule has 11 nitrogen and oxygen atoms in total. The molecule has 4 atom stereocenters. The highest BCUT2D eigenvalue weighted by molar-refractivity contribution is 5.99. The van der Waals surface area contributed by atoms with Crippen LogP contribution in [-0.4, -0.2) is 66.3 Å². The molecule has 4 rings (SSSR count). The van der Waals surface area contributed by atoms with E-state index >= 15 is 0 Å². The molecule has 1 fully saturated rings. The fourth-order valence-electron chi connectivity index (χ4n) is 3.72. The van der Waals surface area contributed by atoms with Gasteiger partial charge in [-0.05, 0) is 17.7 Å². The van der Waals surface area contributed by atoms with Crippen LogP contribution in [-0.2, 0) is 25.6 Å². The van der Waals surface area contributed by atoms with Crippen molar-refractivity contribution in [1.29, 1.82) is 0 Å². The third-order valence-electron chi connectivity index (χ3n) is 5.09. The van der Waals surface area contributed by atoms with Crippen LogP contribution >= 0.6 is 0 Å². The third-order valence-corrected chi connectivity index (χ3v) is 5.09. The lowest BCUT2D eigenvalue weighted by atomic mass is 9.98. The summed E-state index contributed by atoms with van der Waals surface area (Å²) in [5, 5.41) is 22.0. The molecule has 1 saturated heterocycles. The average Bonchev–Trinajstić information content (AvgIpc) is 3.33. The lowest BCUT2D eigenvalue weighted by Crippen LogP contribution is -2.41. The van der Waals surface area contributed by atoms with Crippen molar-refractivity contribution >= 4 is 18.1 Å². The molecular formula is C24H38N2O9. The van der Waals surface area contributed by atoms with Crippen LogP contribution in [0.4, 0.5) is 0 Å². The standard InChI is InChI=1S/C19H23NO8.2C2H6.CH3NO/c21-8-13-2-11(22)3-19(28-13)27-12-4-15(23)14-6-17-16(25-9-26-17)1-10(14)7-20-18(24)5-12;2*1-2;2-1-3/h1,6,11-13,19,21-22H,2-5,7-9H2,(H,20,24);2*1-2H3;1H,(H2,2,3). The molecule has 0 aliphatic carbocycles. The number of Topliss-reactive ketones (excluding diaryl/α,β-unsaturated/α-hetero) is 1. The number of primary amides is 1. The van der Waals surface area contributed by atoms with Crippen LogP contribution in [0.25, 0.3) is 0 Å². The van der Waals surface area contributed by atoms with E-state index in [9.17, 15) is 19.8 Å². The molecular weight excluding hydrogens is 460 g/mol. The number of carbonyl (C=O) groups excluding carboxylic acids is 3. The minimum atomic E-state index is -0.788. The Balaban J connectivity index is 0.000000797. The molecule has 1 aromatic rings. The Hall–Kier alpha value is -2.73. The van der Waals surface area contributed by atoms with E-state index < -0.39 is 24.6 Å². The number of hydrogen-bond acceptors (Lipinski definition) is 9. The van der Waals surface area contributed by atoms with Gasteiger partial charge in [0, 0.05) is 31.4 Å². The number of rotatable bonds is 3. The van der Waals surface area contributed by atoms with Crippen molar-refractivity contribution in [2.75, 3.05) is 13.4 Å². The second-order valence-corrected chi connectivity index (χ2v) is 7.36. The Labute approximate surface area is 205 Å². The summed E-state index contributed by atoms with van der Waals surface area (Å²) in [4.78, 5) is 33.8. The predicted molar refractivity (Wildman–Crippen MR) is 127 cm³/mol. The summed E-state index contributed by atoms with van der Waals surface area (Å²) in [7, 11) is 0. The molecule has 35 heavy (non-hydrogen) atoms. The van der Waals surface area contributed by atoms with Crippen molar-refractivity contribution in [3.63, 3.8) is 0 Å². The van der Waals surface area contributed by atoms with Crippen LogP contribution < -0.4 is 20.5 Å². The molecule has 3 aliphatic heterocycles. The topological polar surface area (TPSA) is 167 Å². The molecule has 198 valence electrons. The molecule has 2 amide bonds. The Morgan fingerprint density at radius 3 is 2.37 bits per heavy atom. The molecule has 4 unspecified atom stereocenters. The van der Waals surface area contributed by atoms with E-state index in [0.717, 1.165) is 0 Å². The highest BCUT2D eigenvalue weighted by Gasteiger charge is 2.33. The third kappa shape index (κ3) is 9.10. The van der Waals surface area contributed by atoms with E-state index in [2.05, 4.69) is 11.1 Å². The molecule has 0 radical (unpaired) electrons. The van der Waals surface area contributed by atoms with Crippen molar-refractivity contribution in [3.8, 4) is 11.5 Å². The molecule has 11 heteroatoms. The highest BCUT2D eigenvalue weighted by Crippen LogP contribution is 2.36. The van der Waals surface area contributed by atoms with Crippen LogP contribution in [0.2, 0.25) is 0 Å². The number of aliphatic hydroxyl groups is 2. The average molecular weight is 499 g/mol. The van der Waals surface area contributed by atoms with E-state index in [1.165, 1.54) is 0 Å². The molecule has 0 aromatic heterocycles. The lowest BCUT2D eigenvalue weighted by molar-refractivity contribution is -0.238. The van der Waals surface area contributed by atoms with Crippen LogP contribution in [0.1, 0.15) is 69.3 Å². The minimum absolute atomic E-state index is 0.00775. The summed E-state index contributed by atoms with van der Waals surface area (Å²) in [5.41, 5.74) is 5.28. The summed E-state index contributed by atoms with van der Waals surface area (Å²) in [5.74, 6) is 0.621. The Bertz CT molecular complexity index is 818. The SMILES string of the molecule is CC.CC.NC=O.O=C1CC(OC2CC(O)CC(CO)O2)CC(=O)c2cc3c(cc2CN1)OCO3. The molecule has 0 saturated carbocycles. The van der Waals surface area contributed by atoms with Gasteiger partial charge in [0.15, 0.2) is 23.6 Å². The molecule has 0 spiro atoms. The first-order valence-electron chi connectivity index (χ1n) is 11.9. The number of fused-ring (bicyclic) bond motifs is 2. The second-order valence-electron chi connectivity index (χ2n) is 7.36. The number of ether oxygens (including phenoxy) is 4. The van der Waals surface area contributed by atoms with Crippen molar-refractivity contribution < 1.29 is 43.5 Å². The predicted octanol–water partition coefficient (Wildman–Crippen LogP) is 1.41. The van der Waals surface area contributed by atoms with E-state index in [0.29, 0.717) is 29.0 Å². The molecule has 5 N–H and O–H groups in total. The van der Waals surface area contributed by atoms with Crippen molar-refractivity contribution in [2.24, 2.45) is 5.73 Å². The number of nitrogens with two attached hydrogens (primary N) is 1. The number of hydrogen-bond donors (Lipinski definition) is 4. The van der Waals surface area contributed by atoms with Crippen LogP contribution in [0.15, 0.2) is 12.1 Å². The summed E-state index contributed by atoms with van der Waals surface area (Å²) in [6.07, 6.45) is -1.93. The quantitative estimate of drug-likeness (QED) is 0.450.